The maximum Gasteiger partial charge on any atom is 0.145 e. The minimum atomic E-state index is -0.513. The number of phenols is 1. The fourth-order valence-electron chi connectivity index (χ4n) is 1.84. The molecule has 0 heterocycles. The van der Waals surface area contributed by atoms with Crippen LogP contribution in [0.1, 0.15) is 5.56 Å². The molecule has 0 atom stereocenters. The average Bonchev–Trinajstić information content (AvgIpc) is 2.43. The molecule has 0 spiro atoms. The van der Waals surface area contributed by atoms with Crippen molar-refractivity contribution < 1.29 is 19.0 Å². The molecule has 2 aromatic rings. The number of ether oxygens (including phenoxy) is 2. The molecule has 3 nitrogen and oxygen atoms in total. The van der Waals surface area contributed by atoms with Gasteiger partial charge in [-0.15, -0.1) is 0 Å². The van der Waals surface area contributed by atoms with Gasteiger partial charge in [-0.05, 0) is 23.8 Å². The molecule has 0 fully saturated rings. The Morgan fingerprint density at radius 2 is 2.05 bits per heavy atom. The highest BCUT2D eigenvalue weighted by Gasteiger charge is 2.12. The maximum atomic E-state index is 13.3. The minimum absolute atomic E-state index is 0.0256. The molecule has 2 aromatic carbocycles. The maximum absolute atomic E-state index is 13.3. The molecule has 2 rings (SSSR count). The zero-order valence-corrected chi connectivity index (χ0v) is 11.7. The van der Waals surface area contributed by atoms with E-state index in [9.17, 15) is 9.50 Å². The van der Waals surface area contributed by atoms with Gasteiger partial charge in [0.05, 0.1) is 13.7 Å². The van der Waals surface area contributed by atoms with Crippen molar-refractivity contribution in [2.24, 2.45) is 0 Å². The number of benzene rings is 2. The van der Waals surface area contributed by atoms with Crippen molar-refractivity contribution in [1.29, 1.82) is 0 Å². The highest BCUT2D eigenvalue weighted by atomic mass is 35.5. The van der Waals surface area contributed by atoms with Crippen LogP contribution in [0.25, 0.3) is 0 Å². The molecule has 20 heavy (non-hydrogen) atoms. The third-order valence-corrected chi connectivity index (χ3v) is 3.15. The van der Waals surface area contributed by atoms with Crippen LogP contribution >= 0.6 is 11.6 Å². The van der Waals surface area contributed by atoms with Crippen molar-refractivity contribution in [2.45, 2.75) is 6.42 Å². The topological polar surface area (TPSA) is 38.7 Å². The Labute approximate surface area is 121 Å². The van der Waals surface area contributed by atoms with Crippen LogP contribution in [0, 0.1) is 5.82 Å². The van der Waals surface area contributed by atoms with Crippen molar-refractivity contribution in [1.82, 2.24) is 0 Å². The summed E-state index contributed by atoms with van der Waals surface area (Å²) in [6, 6.07) is 9.44. The van der Waals surface area contributed by atoms with Crippen molar-refractivity contribution in [3.63, 3.8) is 0 Å². The predicted molar refractivity (Wildman–Crippen MR) is 75.3 cm³/mol. The number of rotatable bonds is 5. The molecule has 1 N–H and O–H groups in total. The summed E-state index contributed by atoms with van der Waals surface area (Å²) >= 11 is 5.84. The van der Waals surface area contributed by atoms with Crippen molar-refractivity contribution >= 4 is 11.6 Å². The molecular weight excluding hydrogens is 283 g/mol. The second-order valence-corrected chi connectivity index (χ2v) is 4.53. The van der Waals surface area contributed by atoms with Gasteiger partial charge in [0.25, 0.3) is 0 Å². The van der Waals surface area contributed by atoms with Crippen LogP contribution in [0.3, 0.4) is 0 Å². The lowest BCUT2D eigenvalue weighted by Crippen LogP contribution is -2.03. The predicted octanol–water partition coefficient (Wildman–Crippen LogP) is 3.81. The Hall–Kier alpha value is -1.94. The molecule has 0 aliphatic rings. The van der Waals surface area contributed by atoms with E-state index in [-0.39, 0.29) is 10.8 Å². The standard InChI is InChI=1S/C15H14ClFO3/c1-19-15-10(5-6-13(17)14(15)16)7-8-20-12-4-2-3-11(18)9-12/h2-6,9,18H,7-8H2,1H3. The Bertz CT molecular complexity index is 602. The van der Waals surface area contributed by atoms with Gasteiger partial charge in [-0.3, -0.25) is 0 Å². The molecule has 0 bridgehead atoms. The number of hydrogen-bond donors (Lipinski definition) is 1. The van der Waals surface area contributed by atoms with Crippen LogP contribution in [0.5, 0.6) is 17.2 Å². The van der Waals surface area contributed by atoms with E-state index < -0.39 is 5.82 Å². The quantitative estimate of drug-likeness (QED) is 0.912. The van der Waals surface area contributed by atoms with Crippen molar-refractivity contribution in [3.8, 4) is 17.2 Å². The fourth-order valence-corrected chi connectivity index (χ4v) is 2.10. The highest BCUT2D eigenvalue weighted by Crippen LogP contribution is 2.31. The summed E-state index contributed by atoms with van der Waals surface area (Å²) in [6.45, 7) is 0.363. The smallest absolute Gasteiger partial charge is 0.145 e. The number of methoxy groups -OCH3 is 1. The van der Waals surface area contributed by atoms with Gasteiger partial charge < -0.3 is 14.6 Å². The molecule has 0 radical (unpaired) electrons. The summed E-state index contributed by atoms with van der Waals surface area (Å²) < 4.78 is 23.9. The molecule has 5 heteroatoms. The third kappa shape index (κ3) is 3.33. The van der Waals surface area contributed by atoms with Gasteiger partial charge in [0, 0.05) is 12.5 Å². The van der Waals surface area contributed by atoms with Crippen LogP contribution in [-0.2, 0) is 6.42 Å². The average molecular weight is 297 g/mol. The molecule has 0 saturated heterocycles. The van der Waals surface area contributed by atoms with E-state index in [1.54, 1.807) is 24.3 Å². The van der Waals surface area contributed by atoms with Crippen LogP contribution in [0.4, 0.5) is 4.39 Å². The first-order valence-corrected chi connectivity index (χ1v) is 6.42. The lowest BCUT2D eigenvalue weighted by Gasteiger charge is -2.11. The van der Waals surface area contributed by atoms with Crippen LogP contribution in [-0.4, -0.2) is 18.8 Å². The third-order valence-electron chi connectivity index (χ3n) is 2.79. The zero-order chi connectivity index (χ0) is 14.5. The summed E-state index contributed by atoms with van der Waals surface area (Å²) in [4.78, 5) is 0. The first-order chi connectivity index (χ1) is 9.61. The Balaban J connectivity index is 2.03. The van der Waals surface area contributed by atoms with E-state index in [1.807, 2.05) is 0 Å². The largest absolute Gasteiger partial charge is 0.508 e. The summed E-state index contributed by atoms with van der Waals surface area (Å²) in [5, 5.41) is 9.29. The van der Waals surface area contributed by atoms with Gasteiger partial charge in [-0.1, -0.05) is 23.7 Å². The summed E-state index contributed by atoms with van der Waals surface area (Å²) in [5.74, 6) is 0.523. The molecule has 0 unspecified atom stereocenters. The number of hydrogen-bond acceptors (Lipinski definition) is 3. The second kappa shape index (κ2) is 6.48. The van der Waals surface area contributed by atoms with Gasteiger partial charge in [-0.25, -0.2) is 4.39 Å². The van der Waals surface area contributed by atoms with E-state index in [0.717, 1.165) is 5.56 Å². The molecule has 106 valence electrons. The first-order valence-electron chi connectivity index (χ1n) is 6.04. The Kier molecular flexibility index (Phi) is 4.69. The fraction of sp³-hybridized carbons (Fsp3) is 0.200. The summed E-state index contributed by atoms with van der Waals surface area (Å²) in [7, 11) is 1.44. The lowest BCUT2D eigenvalue weighted by atomic mass is 10.1. The van der Waals surface area contributed by atoms with Gasteiger partial charge in [0.15, 0.2) is 0 Å². The van der Waals surface area contributed by atoms with E-state index in [1.165, 1.54) is 19.2 Å². The minimum Gasteiger partial charge on any atom is -0.508 e. The van der Waals surface area contributed by atoms with Gasteiger partial charge >= 0.3 is 0 Å². The number of phenolic OH excluding ortho intramolecular Hbond substituents is 1. The molecule has 0 aliphatic carbocycles. The van der Waals surface area contributed by atoms with Crippen molar-refractivity contribution in [3.05, 3.63) is 52.8 Å². The SMILES string of the molecule is COc1c(CCOc2cccc(O)c2)ccc(F)c1Cl. The van der Waals surface area contributed by atoms with E-state index >= 15 is 0 Å². The first kappa shape index (κ1) is 14.5. The van der Waals surface area contributed by atoms with Crippen LogP contribution in [0.2, 0.25) is 5.02 Å². The lowest BCUT2D eigenvalue weighted by molar-refractivity contribution is 0.316. The molecule has 0 aromatic heterocycles. The van der Waals surface area contributed by atoms with Gasteiger partial charge in [-0.2, -0.15) is 0 Å². The van der Waals surface area contributed by atoms with Gasteiger partial charge in [0.2, 0.25) is 0 Å². The van der Waals surface area contributed by atoms with E-state index in [2.05, 4.69) is 0 Å². The molecular formula is C15H14ClFO3. The number of halogens is 2. The molecule has 0 aliphatic heterocycles. The zero-order valence-electron chi connectivity index (χ0n) is 10.9. The van der Waals surface area contributed by atoms with Crippen molar-refractivity contribution in [2.75, 3.05) is 13.7 Å². The second-order valence-electron chi connectivity index (χ2n) is 4.15. The van der Waals surface area contributed by atoms with E-state index in [0.29, 0.717) is 24.5 Å². The van der Waals surface area contributed by atoms with Gasteiger partial charge in [0.1, 0.15) is 28.1 Å². The Morgan fingerprint density at radius 3 is 2.75 bits per heavy atom. The normalized spacial score (nSPS) is 10.3. The number of aromatic hydroxyl groups is 1. The Morgan fingerprint density at radius 1 is 1.25 bits per heavy atom. The highest BCUT2D eigenvalue weighted by molar-refractivity contribution is 6.32. The molecule has 0 saturated carbocycles. The van der Waals surface area contributed by atoms with E-state index in [4.69, 9.17) is 21.1 Å². The van der Waals surface area contributed by atoms with Crippen LogP contribution < -0.4 is 9.47 Å². The monoisotopic (exact) mass is 296 g/mol. The van der Waals surface area contributed by atoms with Crippen LogP contribution in [0.15, 0.2) is 36.4 Å². The molecule has 0 amide bonds. The summed E-state index contributed by atoms with van der Waals surface area (Å²) in [6.07, 6.45) is 0.513. The summed E-state index contributed by atoms with van der Waals surface area (Å²) in [5.41, 5.74) is 0.763.